The summed E-state index contributed by atoms with van der Waals surface area (Å²) in [7, 11) is -0.797. The van der Waals surface area contributed by atoms with Gasteiger partial charge in [0.25, 0.3) is 5.91 Å². The van der Waals surface area contributed by atoms with Crippen LogP contribution in [0.2, 0.25) is 10.3 Å². The van der Waals surface area contributed by atoms with Crippen LogP contribution < -0.4 is 20.3 Å². The van der Waals surface area contributed by atoms with Crippen LogP contribution in [0.15, 0.2) is 30.3 Å². The highest BCUT2D eigenvalue weighted by Crippen LogP contribution is 2.30. The van der Waals surface area contributed by atoms with Gasteiger partial charge in [-0.2, -0.15) is 0 Å². The first-order chi connectivity index (χ1) is 12.3. The number of carbonyl (C=O) groups is 1. The maximum Gasteiger partial charge on any atom is 0.266 e. The molecule has 1 aromatic heterocycles. The molecule has 1 heterocycles. The predicted octanol–water partition coefficient (Wildman–Crippen LogP) is 1.81. The Morgan fingerprint density at radius 2 is 1.85 bits per heavy atom. The van der Waals surface area contributed by atoms with Crippen LogP contribution in [0, 0.1) is 0 Å². The molecule has 2 aromatic rings. The number of aromatic nitrogens is 1. The summed E-state index contributed by atoms with van der Waals surface area (Å²) in [5.41, 5.74) is 3.34. The molecule has 0 aliphatic rings. The molecule has 0 radical (unpaired) electrons. The molecular formula is C15H16Cl2N4O4S. The number of ether oxygens (including phenoxy) is 1. The molecule has 0 spiro atoms. The van der Waals surface area contributed by atoms with Crippen molar-refractivity contribution in [3.8, 4) is 16.9 Å². The van der Waals surface area contributed by atoms with E-state index in [0.717, 1.165) is 0 Å². The summed E-state index contributed by atoms with van der Waals surface area (Å²) in [6.45, 7) is 0. The van der Waals surface area contributed by atoms with Gasteiger partial charge in [-0.05, 0) is 48.5 Å². The van der Waals surface area contributed by atoms with E-state index in [1.165, 1.54) is 32.4 Å². The number of sulfonamides is 1. The van der Waals surface area contributed by atoms with E-state index >= 15 is 0 Å². The lowest BCUT2D eigenvalue weighted by atomic mass is 10.00. The van der Waals surface area contributed by atoms with Crippen molar-refractivity contribution >= 4 is 39.1 Å². The van der Waals surface area contributed by atoms with Gasteiger partial charge in [-0.1, -0.05) is 23.2 Å². The van der Waals surface area contributed by atoms with Crippen LogP contribution >= 0.6 is 23.2 Å². The van der Waals surface area contributed by atoms with Crippen LogP contribution in [0.5, 0.6) is 5.75 Å². The highest BCUT2D eigenvalue weighted by Gasteiger charge is 2.17. The summed E-state index contributed by atoms with van der Waals surface area (Å²) >= 11 is 11.9. The molecule has 0 atom stereocenters. The van der Waals surface area contributed by atoms with E-state index in [9.17, 15) is 13.2 Å². The van der Waals surface area contributed by atoms with E-state index in [-0.39, 0.29) is 21.7 Å². The van der Waals surface area contributed by atoms with Crippen LogP contribution in [0.3, 0.4) is 0 Å². The largest absolute Gasteiger partial charge is 0.497 e. The molecule has 0 saturated heterocycles. The number of nitrogens with zero attached hydrogens (tertiary/aromatic N) is 1. The zero-order valence-electron chi connectivity index (χ0n) is 13.8. The third kappa shape index (κ3) is 5.29. The van der Waals surface area contributed by atoms with Crippen LogP contribution in [0.4, 0.5) is 0 Å². The fraction of sp³-hybridized carbons (Fsp3) is 0.200. The number of nitrogens with one attached hydrogen (secondary N) is 3. The van der Waals surface area contributed by atoms with Gasteiger partial charge in [-0.25, -0.2) is 13.4 Å². The number of hydrogen-bond acceptors (Lipinski definition) is 6. The lowest BCUT2D eigenvalue weighted by Crippen LogP contribution is -2.44. The Kier molecular flexibility index (Phi) is 6.79. The van der Waals surface area contributed by atoms with Crippen molar-refractivity contribution in [2.24, 2.45) is 0 Å². The number of rotatable bonds is 7. The van der Waals surface area contributed by atoms with E-state index in [4.69, 9.17) is 27.9 Å². The molecule has 2 rings (SSSR count). The fourth-order valence-electron chi connectivity index (χ4n) is 2.13. The van der Waals surface area contributed by atoms with Crippen molar-refractivity contribution in [2.75, 3.05) is 20.0 Å². The van der Waals surface area contributed by atoms with E-state index < -0.39 is 15.9 Å². The zero-order chi connectivity index (χ0) is 19.3. The predicted molar refractivity (Wildman–Crippen MR) is 99.7 cm³/mol. The first-order valence-electron chi connectivity index (χ1n) is 7.21. The highest BCUT2D eigenvalue weighted by molar-refractivity contribution is 7.89. The summed E-state index contributed by atoms with van der Waals surface area (Å²) in [6.07, 6.45) is 0. The molecular weight excluding hydrogens is 403 g/mol. The number of carbonyl (C=O) groups excluding carboxylic acids is 1. The third-order valence-electron chi connectivity index (χ3n) is 3.20. The topological polar surface area (TPSA) is 109 Å². The van der Waals surface area contributed by atoms with Crippen molar-refractivity contribution in [3.05, 3.63) is 46.2 Å². The Hall–Kier alpha value is -1.91. The van der Waals surface area contributed by atoms with Gasteiger partial charge < -0.3 is 10.1 Å². The Labute approximate surface area is 160 Å². The van der Waals surface area contributed by atoms with Crippen molar-refractivity contribution in [1.29, 1.82) is 0 Å². The van der Waals surface area contributed by atoms with E-state index in [1.807, 2.05) is 4.83 Å². The minimum absolute atomic E-state index is 0.157. The zero-order valence-corrected chi connectivity index (χ0v) is 16.2. The van der Waals surface area contributed by atoms with Gasteiger partial charge in [0, 0.05) is 0 Å². The molecule has 11 heteroatoms. The molecule has 0 aliphatic carbocycles. The van der Waals surface area contributed by atoms with Gasteiger partial charge in [-0.15, -0.1) is 4.83 Å². The van der Waals surface area contributed by atoms with Crippen molar-refractivity contribution < 1.29 is 17.9 Å². The second-order valence-corrected chi connectivity index (χ2v) is 7.58. The van der Waals surface area contributed by atoms with E-state index in [2.05, 4.69) is 15.7 Å². The number of pyridine rings is 1. The molecule has 1 aromatic carbocycles. The van der Waals surface area contributed by atoms with Gasteiger partial charge in [-0.3, -0.25) is 10.2 Å². The second kappa shape index (κ2) is 8.65. The minimum atomic E-state index is -3.72. The second-order valence-electron chi connectivity index (χ2n) is 5.08. The number of hydrogen-bond donors (Lipinski definition) is 3. The van der Waals surface area contributed by atoms with Gasteiger partial charge in [0.1, 0.15) is 21.9 Å². The molecule has 0 bridgehead atoms. The lowest BCUT2D eigenvalue weighted by molar-refractivity contribution is 0.0945. The summed E-state index contributed by atoms with van der Waals surface area (Å²) in [6, 6.07) is 7.84. The molecule has 0 fully saturated rings. The molecule has 140 valence electrons. The maximum atomic E-state index is 12.5. The van der Waals surface area contributed by atoms with Gasteiger partial charge in [0.2, 0.25) is 10.0 Å². The van der Waals surface area contributed by atoms with Crippen LogP contribution in [0.1, 0.15) is 10.4 Å². The Morgan fingerprint density at radius 1 is 1.19 bits per heavy atom. The standard InChI is InChI=1S/C15H16Cl2N4O4S/c1-18-8-26(23,24)21-20-15(22)12-7-10(25-2)3-4-11(12)9-5-13(16)19-14(17)6-9/h3-7,18,21H,8H2,1-2H3,(H,20,22). The molecule has 8 nitrogen and oxygen atoms in total. The van der Waals surface area contributed by atoms with Crippen molar-refractivity contribution in [3.63, 3.8) is 0 Å². The normalized spacial score (nSPS) is 11.2. The SMILES string of the molecule is CNCS(=O)(=O)NNC(=O)c1cc(OC)ccc1-c1cc(Cl)nc(Cl)c1. The lowest BCUT2D eigenvalue weighted by Gasteiger charge is -2.13. The molecule has 0 saturated carbocycles. The van der Waals surface area contributed by atoms with Crippen LogP contribution in [-0.4, -0.2) is 39.3 Å². The fourth-order valence-corrected chi connectivity index (χ4v) is 3.29. The maximum absolute atomic E-state index is 12.5. The Balaban J connectivity index is 2.41. The van der Waals surface area contributed by atoms with Gasteiger partial charge in [0.05, 0.1) is 12.7 Å². The summed E-state index contributed by atoms with van der Waals surface area (Å²) in [4.78, 5) is 18.4. The minimum Gasteiger partial charge on any atom is -0.497 e. The summed E-state index contributed by atoms with van der Waals surface area (Å²) in [5, 5.41) is 2.80. The first-order valence-corrected chi connectivity index (χ1v) is 9.62. The van der Waals surface area contributed by atoms with E-state index in [1.54, 1.807) is 12.1 Å². The summed E-state index contributed by atoms with van der Waals surface area (Å²) < 4.78 is 28.5. The van der Waals surface area contributed by atoms with Gasteiger partial charge >= 0.3 is 0 Å². The smallest absolute Gasteiger partial charge is 0.266 e. The molecule has 1 amide bonds. The van der Waals surface area contributed by atoms with Crippen LogP contribution in [0.25, 0.3) is 11.1 Å². The average Bonchev–Trinajstić information content (AvgIpc) is 2.58. The number of methoxy groups -OCH3 is 1. The Morgan fingerprint density at radius 3 is 2.42 bits per heavy atom. The number of halogens is 2. The van der Waals surface area contributed by atoms with Crippen LogP contribution in [-0.2, 0) is 10.0 Å². The average molecular weight is 419 g/mol. The molecule has 3 N–H and O–H groups in total. The number of hydrazine groups is 1. The number of benzene rings is 1. The molecule has 26 heavy (non-hydrogen) atoms. The van der Waals surface area contributed by atoms with Crippen molar-refractivity contribution in [2.45, 2.75) is 0 Å². The van der Waals surface area contributed by atoms with Gasteiger partial charge in [0.15, 0.2) is 0 Å². The quantitative estimate of drug-likeness (QED) is 0.467. The highest BCUT2D eigenvalue weighted by atomic mass is 35.5. The Bertz CT molecular complexity index is 902. The number of amides is 1. The monoisotopic (exact) mass is 418 g/mol. The molecule has 0 aliphatic heterocycles. The summed E-state index contributed by atoms with van der Waals surface area (Å²) in [5.74, 6) is -0.612. The first kappa shape index (κ1) is 20.4. The van der Waals surface area contributed by atoms with Crippen molar-refractivity contribution in [1.82, 2.24) is 20.6 Å². The van der Waals surface area contributed by atoms with E-state index in [0.29, 0.717) is 16.9 Å². The third-order valence-corrected chi connectivity index (χ3v) is 4.67. The molecule has 0 unspecified atom stereocenters.